The fourth-order valence-corrected chi connectivity index (χ4v) is 3.14. The molecule has 0 saturated heterocycles. The first kappa shape index (κ1) is 12.5. The van der Waals surface area contributed by atoms with Crippen molar-refractivity contribution in [3.05, 3.63) is 35.9 Å². The zero-order chi connectivity index (χ0) is 12.9. The first-order valence-electron chi connectivity index (χ1n) is 7.39. The van der Waals surface area contributed by atoms with Gasteiger partial charge in [0.05, 0.1) is 6.54 Å². The minimum atomic E-state index is 0.519. The molecule has 1 aliphatic carbocycles. The molecule has 102 valence electrons. The Morgan fingerprint density at radius 1 is 1.16 bits per heavy atom. The van der Waals surface area contributed by atoms with Crippen LogP contribution in [0.4, 0.5) is 0 Å². The summed E-state index contributed by atoms with van der Waals surface area (Å²) < 4.78 is 5.49. The molecule has 1 heterocycles. The highest BCUT2D eigenvalue weighted by Crippen LogP contribution is 2.27. The summed E-state index contributed by atoms with van der Waals surface area (Å²) in [6, 6.07) is 12.1. The van der Waals surface area contributed by atoms with Crippen LogP contribution in [0.1, 0.15) is 31.2 Å². The van der Waals surface area contributed by atoms with E-state index in [1.54, 1.807) is 0 Å². The van der Waals surface area contributed by atoms with Crippen molar-refractivity contribution in [1.29, 1.82) is 0 Å². The lowest BCUT2D eigenvalue weighted by Gasteiger charge is -2.32. The Balaban J connectivity index is 1.63. The van der Waals surface area contributed by atoms with E-state index < -0.39 is 0 Å². The number of ether oxygens (including phenoxy) is 1. The normalized spacial score (nSPS) is 26.6. The largest absolute Gasteiger partial charge is 0.463 e. The maximum atomic E-state index is 5.49. The monoisotopic (exact) mass is 258 g/mol. The van der Waals surface area contributed by atoms with Crippen LogP contribution in [0.5, 0.6) is 0 Å². The molecule has 2 aliphatic rings. The summed E-state index contributed by atoms with van der Waals surface area (Å²) >= 11 is 0. The second-order valence-electron chi connectivity index (χ2n) is 5.52. The predicted octanol–water partition coefficient (Wildman–Crippen LogP) is 2.76. The summed E-state index contributed by atoms with van der Waals surface area (Å²) in [7, 11) is 0. The molecule has 3 heteroatoms. The van der Waals surface area contributed by atoms with Gasteiger partial charge in [0.15, 0.2) is 0 Å². The van der Waals surface area contributed by atoms with Crippen LogP contribution in [0, 0.1) is 5.92 Å². The molecule has 19 heavy (non-hydrogen) atoms. The van der Waals surface area contributed by atoms with Crippen LogP contribution < -0.4 is 5.32 Å². The summed E-state index contributed by atoms with van der Waals surface area (Å²) in [6.45, 7) is 1.54. The standard InChI is InChI=1S/C16H22N2O/c1-2-6-13(7-3-1)12-14-8-4-5-9-15(14)18-16-17-10-11-19-16/h1-3,6-7,14-15H,4-5,8-12H2,(H,17,18)/t14-,15+/m0/s1. The van der Waals surface area contributed by atoms with Crippen molar-refractivity contribution < 1.29 is 4.74 Å². The molecule has 0 bridgehead atoms. The Bertz CT molecular complexity index is 430. The van der Waals surface area contributed by atoms with E-state index >= 15 is 0 Å². The van der Waals surface area contributed by atoms with Crippen molar-refractivity contribution in [3.63, 3.8) is 0 Å². The Hall–Kier alpha value is -1.51. The Morgan fingerprint density at radius 2 is 2.00 bits per heavy atom. The van der Waals surface area contributed by atoms with Crippen LogP contribution in [-0.2, 0) is 11.2 Å². The number of rotatable bonds is 3. The Kier molecular flexibility index (Phi) is 4.01. The molecule has 1 N–H and O–H groups in total. The topological polar surface area (TPSA) is 33.6 Å². The van der Waals surface area contributed by atoms with Gasteiger partial charge in [-0.3, -0.25) is 0 Å². The molecule has 0 amide bonds. The summed E-state index contributed by atoms with van der Waals surface area (Å²) in [6.07, 6.45) is 6.37. The van der Waals surface area contributed by atoms with Crippen LogP contribution in [0.15, 0.2) is 35.3 Å². The van der Waals surface area contributed by atoms with E-state index in [1.165, 1.54) is 31.2 Å². The third kappa shape index (κ3) is 3.28. The number of nitrogens with zero attached hydrogens (tertiary/aromatic N) is 1. The van der Waals surface area contributed by atoms with Crippen molar-refractivity contribution in [2.24, 2.45) is 10.9 Å². The highest BCUT2D eigenvalue weighted by Gasteiger charge is 2.27. The fourth-order valence-electron chi connectivity index (χ4n) is 3.14. The molecule has 0 unspecified atom stereocenters. The molecule has 3 nitrogen and oxygen atoms in total. The van der Waals surface area contributed by atoms with Crippen LogP contribution in [-0.4, -0.2) is 25.2 Å². The van der Waals surface area contributed by atoms with Crippen LogP contribution in [0.25, 0.3) is 0 Å². The molecule has 0 aromatic heterocycles. The van der Waals surface area contributed by atoms with E-state index in [0.717, 1.165) is 25.6 Å². The van der Waals surface area contributed by atoms with Gasteiger partial charge >= 0.3 is 0 Å². The van der Waals surface area contributed by atoms with Crippen molar-refractivity contribution in [2.45, 2.75) is 38.1 Å². The van der Waals surface area contributed by atoms with Gasteiger partial charge in [-0.05, 0) is 30.7 Å². The molecule has 2 atom stereocenters. The van der Waals surface area contributed by atoms with Crippen LogP contribution in [0.3, 0.4) is 0 Å². The second-order valence-corrected chi connectivity index (χ2v) is 5.52. The van der Waals surface area contributed by atoms with E-state index in [-0.39, 0.29) is 0 Å². The summed E-state index contributed by atoms with van der Waals surface area (Å²) in [5, 5.41) is 3.52. The fraction of sp³-hybridized carbons (Fsp3) is 0.562. The minimum Gasteiger partial charge on any atom is -0.463 e. The van der Waals surface area contributed by atoms with Gasteiger partial charge in [0.2, 0.25) is 0 Å². The van der Waals surface area contributed by atoms with E-state index in [4.69, 9.17) is 4.74 Å². The minimum absolute atomic E-state index is 0.519. The summed E-state index contributed by atoms with van der Waals surface area (Å²) in [4.78, 5) is 4.35. The molecule has 3 rings (SSSR count). The third-order valence-corrected chi connectivity index (χ3v) is 4.14. The summed E-state index contributed by atoms with van der Waals surface area (Å²) in [5.41, 5.74) is 1.44. The van der Waals surface area contributed by atoms with Crippen molar-refractivity contribution in [2.75, 3.05) is 13.2 Å². The number of hydrogen-bond acceptors (Lipinski definition) is 3. The zero-order valence-electron chi connectivity index (χ0n) is 11.3. The molecule has 1 aliphatic heterocycles. The Labute approximate surface area is 115 Å². The average Bonchev–Trinajstić information content (AvgIpc) is 2.95. The number of amidine groups is 1. The molecule has 1 saturated carbocycles. The third-order valence-electron chi connectivity index (χ3n) is 4.14. The highest BCUT2D eigenvalue weighted by molar-refractivity contribution is 5.75. The van der Waals surface area contributed by atoms with Gasteiger partial charge in [0.25, 0.3) is 6.02 Å². The Morgan fingerprint density at radius 3 is 2.79 bits per heavy atom. The van der Waals surface area contributed by atoms with Gasteiger partial charge in [0, 0.05) is 6.04 Å². The van der Waals surface area contributed by atoms with Crippen molar-refractivity contribution >= 4 is 6.02 Å². The maximum absolute atomic E-state index is 5.49. The quantitative estimate of drug-likeness (QED) is 0.904. The molecule has 1 fully saturated rings. The van der Waals surface area contributed by atoms with E-state index in [1.807, 2.05) is 0 Å². The number of aliphatic imine (C=N–C) groups is 1. The predicted molar refractivity (Wildman–Crippen MR) is 77.3 cm³/mol. The molecular formula is C16H22N2O. The van der Waals surface area contributed by atoms with E-state index in [9.17, 15) is 0 Å². The van der Waals surface area contributed by atoms with Crippen molar-refractivity contribution in [3.8, 4) is 0 Å². The molecule has 0 radical (unpaired) electrons. The SMILES string of the molecule is c1ccc(C[C@@H]2CCCC[C@H]2NC2=NCCO2)cc1. The van der Waals surface area contributed by atoms with E-state index in [2.05, 4.69) is 40.6 Å². The lowest BCUT2D eigenvalue weighted by atomic mass is 9.81. The number of nitrogens with one attached hydrogen (secondary N) is 1. The molecule has 0 spiro atoms. The lowest BCUT2D eigenvalue weighted by molar-refractivity contribution is 0.259. The number of hydrogen-bond donors (Lipinski definition) is 1. The van der Waals surface area contributed by atoms with Gasteiger partial charge < -0.3 is 10.1 Å². The van der Waals surface area contributed by atoms with Gasteiger partial charge in [-0.25, -0.2) is 4.99 Å². The highest BCUT2D eigenvalue weighted by atomic mass is 16.5. The van der Waals surface area contributed by atoms with E-state index in [0.29, 0.717) is 12.0 Å². The summed E-state index contributed by atoms with van der Waals surface area (Å²) in [5.74, 6) is 0.697. The number of benzene rings is 1. The van der Waals surface area contributed by atoms with Crippen LogP contribution >= 0.6 is 0 Å². The smallest absolute Gasteiger partial charge is 0.285 e. The molecule has 1 aromatic carbocycles. The first-order chi connectivity index (χ1) is 9.42. The lowest BCUT2D eigenvalue weighted by Crippen LogP contribution is -2.43. The van der Waals surface area contributed by atoms with Gasteiger partial charge in [-0.1, -0.05) is 43.2 Å². The van der Waals surface area contributed by atoms with Gasteiger partial charge in [-0.2, -0.15) is 0 Å². The van der Waals surface area contributed by atoms with Gasteiger partial charge in [-0.15, -0.1) is 0 Å². The first-order valence-corrected chi connectivity index (χ1v) is 7.39. The molecular weight excluding hydrogens is 236 g/mol. The van der Waals surface area contributed by atoms with Gasteiger partial charge in [0.1, 0.15) is 6.61 Å². The zero-order valence-corrected chi connectivity index (χ0v) is 11.3. The second kappa shape index (κ2) is 6.09. The van der Waals surface area contributed by atoms with Crippen LogP contribution in [0.2, 0.25) is 0 Å². The molecule has 1 aromatic rings. The average molecular weight is 258 g/mol. The van der Waals surface area contributed by atoms with Crippen molar-refractivity contribution in [1.82, 2.24) is 5.32 Å². The maximum Gasteiger partial charge on any atom is 0.285 e.